The highest BCUT2D eigenvalue weighted by Gasteiger charge is 2.48. The van der Waals surface area contributed by atoms with E-state index in [1.807, 2.05) is 30.3 Å². The molecule has 28 heavy (non-hydrogen) atoms. The molecule has 0 radical (unpaired) electrons. The summed E-state index contributed by atoms with van der Waals surface area (Å²) in [6, 6.07) is 10.7. The lowest BCUT2D eigenvalue weighted by atomic mass is 9.93. The number of carbonyl (C=O) groups is 3. The molecule has 1 aliphatic heterocycles. The second-order valence-electron chi connectivity index (χ2n) is 6.78. The SMILES string of the molecule is CC1(CCc2ccccc2)NC(=O)N(NC(=O)c2cn3cccnc3n2)C1=O. The fraction of sp³-hybridized carbons (Fsp3) is 0.211. The Bertz CT molecular complexity index is 1030. The van der Waals surface area contributed by atoms with Gasteiger partial charge in [0.25, 0.3) is 11.8 Å². The van der Waals surface area contributed by atoms with Gasteiger partial charge in [-0.15, -0.1) is 0 Å². The summed E-state index contributed by atoms with van der Waals surface area (Å²) in [6.45, 7) is 1.65. The molecule has 9 heteroatoms. The molecule has 0 saturated carbocycles. The summed E-state index contributed by atoms with van der Waals surface area (Å²) in [5, 5.41) is 3.38. The third kappa shape index (κ3) is 3.18. The zero-order valence-electron chi connectivity index (χ0n) is 15.1. The Morgan fingerprint density at radius 3 is 2.75 bits per heavy atom. The van der Waals surface area contributed by atoms with E-state index in [1.54, 1.807) is 29.8 Å². The number of aromatic nitrogens is 3. The van der Waals surface area contributed by atoms with Crippen LogP contribution in [0.25, 0.3) is 5.78 Å². The smallest absolute Gasteiger partial charge is 0.322 e. The summed E-state index contributed by atoms with van der Waals surface area (Å²) in [5.41, 5.74) is 2.36. The van der Waals surface area contributed by atoms with E-state index in [0.717, 1.165) is 5.56 Å². The molecule has 3 aromatic rings. The van der Waals surface area contributed by atoms with Gasteiger partial charge in [0.05, 0.1) is 0 Å². The van der Waals surface area contributed by atoms with Gasteiger partial charge in [-0.25, -0.2) is 14.8 Å². The van der Waals surface area contributed by atoms with Crippen LogP contribution in [0.3, 0.4) is 0 Å². The molecule has 0 bridgehead atoms. The predicted molar refractivity (Wildman–Crippen MR) is 99.0 cm³/mol. The second kappa shape index (κ2) is 6.76. The van der Waals surface area contributed by atoms with Crippen molar-refractivity contribution < 1.29 is 14.4 Å². The average Bonchev–Trinajstić information content (AvgIpc) is 3.22. The highest BCUT2D eigenvalue weighted by molar-refractivity contribution is 6.08. The minimum absolute atomic E-state index is 0.0530. The minimum atomic E-state index is -1.10. The van der Waals surface area contributed by atoms with E-state index in [-0.39, 0.29) is 5.69 Å². The van der Waals surface area contributed by atoms with Crippen LogP contribution < -0.4 is 10.7 Å². The number of amides is 4. The Kier molecular flexibility index (Phi) is 4.26. The molecule has 4 rings (SSSR count). The number of fused-ring (bicyclic) bond motifs is 1. The number of nitrogens with one attached hydrogen (secondary N) is 2. The first-order chi connectivity index (χ1) is 13.5. The van der Waals surface area contributed by atoms with Gasteiger partial charge in [0, 0.05) is 18.6 Å². The Labute approximate surface area is 160 Å². The lowest BCUT2D eigenvalue weighted by Gasteiger charge is -2.21. The van der Waals surface area contributed by atoms with Gasteiger partial charge in [-0.3, -0.25) is 19.4 Å². The molecule has 1 unspecified atom stereocenters. The van der Waals surface area contributed by atoms with E-state index >= 15 is 0 Å². The quantitative estimate of drug-likeness (QED) is 0.651. The number of rotatable bonds is 5. The predicted octanol–water partition coefficient (Wildman–Crippen LogP) is 1.32. The van der Waals surface area contributed by atoms with Crippen molar-refractivity contribution in [2.45, 2.75) is 25.3 Å². The molecule has 0 spiro atoms. The normalized spacial score (nSPS) is 19.1. The highest BCUT2D eigenvalue weighted by atomic mass is 16.2. The van der Waals surface area contributed by atoms with E-state index in [9.17, 15) is 14.4 Å². The van der Waals surface area contributed by atoms with Gasteiger partial charge in [-0.1, -0.05) is 30.3 Å². The number of hydrazine groups is 1. The van der Waals surface area contributed by atoms with Crippen LogP contribution in [0.5, 0.6) is 0 Å². The number of carbonyl (C=O) groups excluding carboxylic acids is 3. The number of nitrogens with zero attached hydrogens (tertiary/aromatic N) is 4. The average molecular weight is 378 g/mol. The van der Waals surface area contributed by atoms with E-state index in [0.29, 0.717) is 23.6 Å². The molecule has 142 valence electrons. The third-order valence-electron chi connectivity index (χ3n) is 4.70. The van der Waals surface area contributed by atoms with Gasteiger partial charge < -0.3 is 5.32 Å². The summed E-state index contributed by atoms with van der Waals surface area (Å²) >= 11 is 0. The van der Waals surface area contributed by atoms with Gasteiger partial charge in [0.1, 0.15) is 5.54 Å². The maximum atomic E-state index is 12.8. The molecule has 1 aliphatic rings. The van der Waals surface area contributed by atoms with Crippen molar-refractivity contribution in [3.8, 4) is 0 Å². The molecule has 2 N–H and O–H groups in total. The topological polar surface area (TPSA) is 109 Å². The molecule has 1 aromatic carbocycles. The number of hydrogen-bond donors (Lipinski definition) is 2. The van der Waals surface area contributed by atoms with Crippen LogP contribution in [0.15, 0.2) is 55.0 Å². The largest absolute Gasteiger partial charge is 0.344 e. The lowest BCUT2D eigenvalue weighted by Crippen LogP contribution is -2.49. The van der Waals surface area contributed by atoms with Crippen LogP contribution in [0, 0.1) is 0 Å². The van der Waals surface area contributed by atoms with Gasteiger partial charge in [-0.05, 0) is 31.4 Å². The first-order valence-corrected chi connectivity index (χ1v) is 8.78. The Balaban J connectivity index is 1.46. The van der Waals surface area contributed by atoms with Crippen LogP contribution in [0.2, 0.25) is 0 Å². The van der Waals surface area contributed by atoms with Gasteiger partial charge in [0.15, 0.2) is 5.69 Å². The van der Waals surface area contributed by atoms with E-state index < -0.39 is 23.4 Å². The first kappa shape index (κ1) is 17.7. The first-order valence-electron chi connectivity index (χ1n) is 8.78. The van der Waals surface area contributed by atoms with Crippen molar-refractivity contribution >= 4 is 23.6 Å². The molecule has 1 atom stereocenters. The van der Waals surface area contributed by atoms with Crippen molar-refractivity contribution in [3.63, 3.8) is 0 Å². The van der Waals surface area contributed by atoms with Crippen LogP contribution in [-0.2, 0) is 11.2 Å². The fourth-order valence-corrected chi connectivity index (χ4v) is 3.09. The van der Waals surface area contributed by atoms with Gasteiger partial charge >= 0.3 is 6.03 Å². The van der Waals surface area contributed by atoms with E-state index in [4.69, 9.17) is 0 Å². The Morgan fingerprint density at radius 2 is 2.00 bits per heavy atom. The minimum Gasteiger partial charge on any atom is -0.322 e. The highest BCUT2D eigenvalue weighted by Crippen LogP contribution is 2.22. The summed E-state index contributed by atoms with van der Waals surface area (Å²) < 4.78 is 1.57. The van der Waals surface area contributed by atoms with Crippen LogP contribution in [0.1, 0.15) is 29.4 Å². The maximum Gasteiger partial charge on any atom is 0.344 e. The number of hydrogen-bond acceptors (Lipinski definition) is 5. The van der Waals surface area contributed by atoms with E-state index in [1.165, 1.54) is 6.20 Å². The van der Waals surface area contributed by atoms with Crippen molar-refractivity contribution in [3.05, 3.63) is 66.2 Å². The van der Waals surface area contributed by atoms with Gasteiger partial charge in [0.2, 0.25) is 5.78 Å². The zero-order valence-corrected chi connectivity index (χ0v) is 15.1. The summed E-state index contributed by atoms with van der Waals surface area (Å²) in [6.07, 6.45) is 5.75. The van der Waals surface area contributed by atoms with Crippen LogP contribution in [0.4, 0.5) is 4.79 Å². The number of imide groups is 1. The molecule has 4 amide bonds. The molecule has 0 aliphatic carbocycles. The summed E-state index contributed by atoms with van der Waals surface area (Å²) in [4.78, 5) is 45.7. The molecule has 1 saturated heterocycles. The Hall–Kier alpha value is -3.75. The lowest BCUT2D eigenvalue weighted by molar-refractivity contribution is -0.132. The summed E-state index contributed by atoms with van der Waals surface area (Å²) in [5.74, 6) is -0.831. The van der Waals surface area contributed by atoms with Crippen LogP contribution >= 0.6 is 0 Å². The molecule has 1 fully saturated rings. The number of urea groups is 1. The van der Waals surface area contributed by atoms with Crippen molar-refractivity contribution in [2.24, 2.45) is 0 Å². The van der Waals surface area contributed by atoms with Crippen molar-refractivity contribution in [1.82, 2.24) is 30.1 Å². The van der Waals surface area contributed by atoms with Gasteiger partial charge in [-0.2, -0.15) is 5.01 Å². The standard InChI is InChI=1S/C19H18N6O3/c1-19(9-8-13-6-3-2-4-7-13)16(27)25(18(28)22-19)23-15(26)14-12-24-11-5-10-20-17(24)21-14/h2-7,10-12H,8-9H2,1H3,(H,22,28)(H,23,26). The molecule has 9 nitrogen and oxygen atoms in total. The number of aryl methyl sites for hydroxylation is 1. The second-order valence-corrected chi connectivity index (χ2v) is 6.78. The zero-order chi connectivity index (χ0) is 19.7. The Morgan fingerprint density at radius 1 is 1.21 bits per heavy atom. The molecule has 2 aromatic heterocycles. The van der Waals surface area contributed by atoms with Crippen molar-refractivity contribution in [2.75, 3.05) is 0 Å². The molecular weight excluding hydrogens is 360 g/mol. The molecule has 3 heterocycles. The molecular formula is C19H18N6O3. The number of benzene rings is 1. The van der Waals surface area contributed by atoms with Crippen molar-refractivity contribution in [1.29, 1.82) is 0 Å². The maximum absolute atomic E-state index is 12.8. The third-order valence-corrected chi connectivity index (χ3v) is 4.70. The monoisotopic (exact) mass is 378 g/mol. The van der Waals surface area contributed by atoms with E-state index in [2.05, 4.69) is 20.7 Å². The fourth-order valence-electron chi connectivity index (χ4n) is 3.09. The number of imidazole rings is 1. The summed E-state index contributed by atoms with van der Waals surface area (Å²) in [7, 11) is 0. The van der Waals surface area contributed by atoms with Crippen LogP contribution in [-0.4, -0.2) is 42.8 Å².